The zero-order chi connectivity index (χ0) is 20.2. The van der Waals surface area contributed by atoms with E-state index in [2.05, 4.69) is 17.0 Å². The van der Waals surface area contributed by atoms with Crippen molar-refractivity contribution in [1.82, 2.24) is 14.9 Å². The zero-order valence-electron chi connectivity index (χ0n) is 16.4. The molecular formula is C22H24N4O3. The summed E-state index contributed by atoms with van der Waals surface area (Å²) in [5.41, 5.74) is 2.87. The topological polar surface area (TPSA) is 78.8 Å². The van der Waals surface area contributed by atoms with E-state index in [9.17, 15) is 4.79 Å². The molecule has 3 aromatic rings. The van der Waals surface area contributed by atoms with Gasteiger partial charge in [-0.15, -0.1) is 0 Å². The van der Waals surface area contributed by atoms with Crippen LogP contribution in [-0.2, 0) is 9.53 Å². The number of morpholine rings is 1. The molecule has 2 aromatic carbocycles. The summed E-state index contributed by atoms with van der Waals surface area (Å²) in [7, 11) is 1.79. The lowest BCUT2D eigenvalue weighted by atomic mass is 10.1. The number of carboxylic acid groups (broad SMARTS) is 1. The molecule has 0 radical (unpaired) electrons. The summed E-state index contributed by atoms with van der Waals surface area (Å²) in [6.07, 6.45) is -0.0941. The lowest BCUT2D eigenvalue weighted by Crippen LogP contribution is -2.48. The molecule has 1 aliphatic rings. The molecule has 0 saturated carbocycles. The summed E-state index contributed by atoms with van der Waals surface area (Å²) in [6, 6.07) is 18.2. The summed E-state index contributed by atoms with van der Waals surface area (Å²) >= 11 is 0. The number of carbonyl (C=O) groups is 1. The number of ether oxygens (including phenoxy) is 1. The van der Waals surface area contributed by atoms with Crippen LogP contribution in [0.3, 0.4) is 0 Å². The van der Waals surface area contributed by atoms with Crippen LogP contribution < -0.4 is 4.90 Å². The van der Waals surface area contributed by atoms with Crippen molar-refractivity contribution in [3.8, 4) is 11.3 Å². The van der Waals surface area contributed by atoms with Gasteiger partial charge in [-0.25, -0.2) is 9.97 Å². The number of likely N-dealkylation sites (N-methyl/N-ethyl adjacent to an activating group) is 1. The number of aromatic nitrogens is 2. The maximum Gasteiger partial charge on any atom is 0.317 e. The van der Waals surface area contributed by atoms with Crippen LogP contribution in [0.2, 0.25) is 0 Å². The Hall–Kier alpha value is -3.03. The van der Waals surface area contributed by atoms with E-state index in [0.717, 1.165) is 22.2 Å². The second-order valence-electron chi connectivity index (χ2n) is 7.28. The fourth-order valence-electron chi connectivity index (χ4n) is 3.68. The smallest absolute Gasteiger partial charge is 0.317 e. The first kappa shape index (κ1) is 19.3. The molecule has 29 heavy (non-hydrogen) atoms. The van der Waals surface area contributed by atoms with Crippen molar-refractivity contribution >= 4 is 22.8 Å². The number of benzene rings is 2. The maximum atomic E-state index is 10.9. The number of fused-ring (bicyclic) bond motifs is 1. The quantitative estimate of drug-likeness (QED) is 0.690. The Morgan fingerprint density at radius 1 is 1.17 bits per heavy atom. The number of aliphatic carboxylic acids is 1. The molecule has 7 heteroatoms. The monoisotopic (exact) mass is 392 g/mol. The molecule has 2 heterocycles. The Morgan fingerprint density at radius 2 is 1.93 bits per heavy atom. The van der Waals surface area contributed by atoms with Gasteiger partial charge >= 0.3 is 5.97 Å². The van der Waals surface area contributed by atoms with Gasteiger partial charge in [0.25, 0.3) is 0 Å². The van der Waals surface area contributed by atoms with Gasteiger partial charge in [0.2, 0.25) is 5.95 Å². The molecule has 0 aliphatic carbocycles. The van der Waals surface area contributed by atoms with E-state index in [1.54, 1.807) is 11.9 Å². The van der Waals surface area contributed by atoms with Gasteiger partial charge in [0, 0.05) is 30.6 Å². The van der Waals surface area contributed by atoms with Crippen molar-refractivity contribution in [1.29, 1.82) is 0 Å². The summed E-state index contributed by atoms with van der Waals surface area (Å²) < 4.78 is 5.85. The lowest BCUT2D eigenvalue weighted by Gasteiger charge is -2.34. The third kappa shape index (κ3) is 4.52. The second-order valence-corrected chi connectivity index (χ2v) is 7.28. The number of hydrogen-bond donors (Lipinski definition) is 1. The van der Waals surface area contributed by atoms with Gasteiger partial charge in [-0.3, -0.25) is 9.69 Å². The second kappa shape index (κ2) is 8.55. The fourth-order valence-corrected chi connectivity index (χ4v) is 3.68. The fraction of sp³-hybridized carbons (Fsp3) is 0.318. The van der Waals surface area contributed by atoms with Crippen LogP contribution in [0, 0.1) is 0 Å². The van der Waals surface area contributed by atoms with Gasteiger partial charge in [-0.1, -0.05) is 48.5 Å². The van der Waals surface area contributed by atoms with E-state index in [1.165, 1.54) is 0 Å². The van der Waals surface area contributed by atoms with E-state index in [1.807, 2.05) is 42.5 Å². The predicted molar refractivity (Wildman–Crippen MR) is 112 cm³/mol. The van der Waals surface area contributed by atoms with Crippen molar-refractivity contribution in [3.05, 3.63) is 54.6 Å². The predicted octanol–water partition coefficient (Wildman–Crippen LogP) is 2.52. The Bertz CT molecular complexity index is 996. The highest BCUT2D eigenvalue weighted by Crippen LogP contribution is 2.28. The lowest BCUT2D eigenvalue weighted by molar-refractivity contribution is -0.138. The van der Waals surface area contributed by atoms with Gasteiger partial charge in [-0.2, -0.15) is 0 Å². The molecule has 1 aromatic heterocycles. The number of nitrogens with zero attached hydrogens (tertiary/aromatic N) is 4. The third-order valence-electron chi connectivity index (χ3n) is 4.98. The minimum atomic E-state index is -0.842. The summed E-state index contributed by atoms with van der Waals surface area (Å²) in [5, 5.41) is 9.99. The van der Waals surface area contributed by atoms with E-state index >= 15 is 0 Å². The number of para-hydroxylation sites is 1. The standard InChI is InChI=1S/C22H24N4O3/c1-25(15-20(27)28)13-17-14-26(11-12-29-17)22-23-19-10-6-5-9-18(19)21(24-22)16-7-3-2-4-8-16/h2-10,17H,11-15H2,1H3,(H,27,28). The Labute approximate surface area is 169 Å². The zero-order valence-corrected chi connectivity index (χ0v) is 16.4. The number of hydrogen-bond acceptors (Lipinski definition) is 6. The highest BCUT2D eigenvalue weighted by atomic mass is 16.5. The van der Waals surface area contributed by atoms with E-state index in [-0.39, 0.29) is 12.6 Å². The molecule has 1 aliphatic heterocycles. The van der Waals surface area contributed by atoms with Gasteiger partial charge in [0.15, 0.2) is 0 Å². The largest absolute Gasteiger partial charge is 0.480 e. The Balaban J connectivity index is 1.63. The normalized spacial score (nSPS) is 17.0. The molecule has 1 atom stereocenters. The Kier molecular flexibility index (Phi) is 5.69. The Morgan fingerprint density at radius 3 is 2.72 bits per heavy atom. The first-order chi connectivity index (χ1) is 14.1. The molecule has 1 fully saturated rings. The van der Waals surface area contributed by atoms with Crippen LogP contribution in [0.1, 0.15) is 0 Å². The minimum Gasteiger partial charge on any atom is -0.480 e. The van der Waals surface area contributed by atoms with Crippen LogP contribution in [-0.4, -0.2) is 71.9 Å². The summed E-state index contributed by atoms with van der Waals surface area (Å²) in [5.74, 6) is -0.165. The highest BCUT2D eigenvalue weighted by molar-refractivity contribution is 5.93. The first-order valence-corrected chi connectivity index (χ1v) is 9.69. The van der Waals surface area contributed by atoms with Gasteiger partial charge < -0.3 is 14.7 Å². The molecule has 0 amide bonds. The molecule has 1 saturated heterocycles. The van der Waals surface area contributed by atoms with E-state index in [0.29, 0.717) is 32.2 Å². The van der Waals surface area contributed by atoms with Crippen LogP contribution in [0.5, 0.6) is 0 Å². The van der Waals surface area contributed by atoms with Crippen molar-refractivity contribution < 1.29 is 14.6 Å². The maximum absolute atomic E-state index is 10.9. The summed E-state index contributed by atoms with van der Waals surface area (Å²) in [6.45, 7) is 2.41. The average Bonchev–Trinajstić information content (AvgIpc) is 2.73. The SMILES string of the molecule is CN(CC(=O)O)CC1CN(c2nc(-c3ccccc3)c3ccccc3n2)CCO1. The van der Waals surface area contributed by atoms with Crippen molar-refractivity contribution in [2.24, 2.45) is 0 Å². The number of rotatable bonds is 6. The highest BCUT2D eigenvalue weighted by Gasteiger charge is 2.25. The number of anilines is 1. The van der Waals surface area contributed by atoms with Crippen molar-refractivity contribution in [3.63, 3.8) is 0 Å². The summed E-state index contributed by atoms with van der Waals surface area (Å²) in [4.78, 5) is 24.5. The van der Waals surface area contributed by atoms with Crippen LogP contribution >= 0.6 is 0 Å². The molecule has 4 rings (SSSR count). The minimum absolute atomic E-state index is 0.00943. The van der Waals surface area contributed by atoms with Gasteiger partial charge in [0.1, 0.15) is 0 Å². The number of carboxylic acids is 1. The molecule has 150 valence electrons. The first-order valence-electron chi connectivity index (χ1n) is 9.69. The molecule has 7 nitrogen and oxygen atoms in total. The van der Waals surface area contributed by atoms with Crippen LogP contribution in [0.15, 0.2) is 54.6 Å². The van der Waals surface area contributed by atoms with Gasteiger partial charge in [-0.05, 0) is 13.1 Å². The molecule has 0 spiro atoms. The average molecular weight is 392 g/mol. The van der Waals surface area contributed by atoms with Crippen molar-refractivity contribution in [2.45, 2.75) is 6.10 Å². The van der Waals surface area contributed by atoms with Crippen LogP contribution in [0.25, 0.3) is 22.2 Å². The molecule has 1 unspecified atom stereocenters. The van der Waals surface area contributed by atoms with Crippen molar-refractivity contribution in [2.75, 3.05) is 44.7 Å². The molecule has 0 bridgehead atoms. The van der Waals surface area contributed by atoms with Gasteiger partial charge in [0.05, 0.1) is 30.5 Å². The third-order valence-corrected chi connectivity index (χ3v) is 4.98. The molecule has 1 N–H and O–H groups in total. The van der Waals surface area contributed by atoms with Crippen LogP contribution in [0.4, 0.5) is 5.95 Å². The van der Waals surface area contributed by atoms with E-state index in [4.69, 9.17) is 19.8 Å². The van der Waals surface area contributed by atoms with E-state index < -0.39 is 5.97 Å². The molecular weight excluding hydrogens is 368 g/mol.